The van der Waals surface area contributed by atoms with E-state index in [1.807, 2.05) is 0 Å². The van der Waals surface area contributed by atoms with Crippen LogP contribution in [-0.4, -0.2) is 0 Å². The Balaban J connectivity index is 0.00000121. The molecule has 0 atom stereocenters. The van der Waals surface area contributed by atoms with Crippen molar-refractivity contribution in [3.05, 3.63) is 29.8 Å². The molecule has 0 bridgehead atoms. The molecule has 1 aromatic carbocycles. The van der Waals surface area contributed by atoms with Crippen molar-refractivity contribution in [1.82, 2.24) is 0 Å². The van der Waals surface area contributed by atoms with E-state index in [9.17, 15) is 13.2 Å². The molecule has 0 aromatic heterocycles. The van der Waals surface area contributed by atoms with Crippen LogP contribution in [0.5, 0.6) is 0 Å². The molecule has 0 saturated carbocycles. The van der Waals surface area contributed by atoms with Crippen molar-refractivity contribution in [3.8, 4) is 0 Å². The third-order valence-electron chi connectivity index (χ3n) is 1.25. The molecule has 0 N–H and O–H groups in total. The van der Waals surface area contributed by atoms with E-state index >= 15 is 0 Å². The van der Waals surface area contributed by atoms with Gasteiger partial charge in [-0.05, 0) is 0 Å². The van der Waals surface area contributed by atoms with Crippen LogP contribution in [-0.2, 0) is 24.5 Å². The summed E-state index contributed by atoms with van der Waals surface area (Å²) < 4.78 is 36.7. The van der Waals surface area contributed by atoms with Crippen LogP contribution in [0.3, 0.4) is 0 Å². The molecule has 12 heavy (non-hydrogen) atoms. The largest absolute Gasteiger partial charge is 1.00 e. The molecular weight excluding hydrogens is 242 g/mol. The van der Waals surface area contributed by atoms with Gasteiger partial charge in [-0.1, -0.05) is 0 Å². The van der Waals surface area contributed by atoms with Crippen LogP contribution in [0.25, 0.3) is 0 Å². The van der Waals surface area contributed by atoms with E-state index in [4.69, 9.17) is 0 Å². The second kappa shape index (κ2) is 4.24. The van der Waals surface area contributed by atoms with E-state index in [-0.39, 0.29) is 12.4 Å². The zero-order valence-electron chi connectivity index (χ0n) is 6.03. The molecule has 0 spiro atoms. The minimum absolute atomic E-state index is 0. The monoisotopic (exact) mass is 244 g/mol. The van der Waals surface area contributed by atoms with Crippen LogP contribution in [0.15, 0.2) is 24.3 Å². The van der Waals surface area contributed by atoms with E-state index < -0.39 is 11.7 Å². The number of halogens is 4. The van der Waals surface area contributed by atoms with E-state index in [1.165, 1.54) is 12.1 Å². The second-order valence-corrected chi connectivity index (χ2v) is 3.91. The molecule has 62 valence electrons. The molecule has 0 unspecified atom stereocenters. The van der Waals surface area contributed by atoms with Crippen LogP contribution >= 0.6 is 0 Å². The number of hydrogen-bond acceptors (Lipinski definition) is 0. The molecule has 0 aliphatic rings. The van der Waals surface area contributed by atoms with Crippen LogP contribution in [0.1, 0.15) is 5.56 Å². The van der Waals surface area contributed by atoms with E-state index in [0.29, 0.717) is 0 Å². The van der Waals surface area contributed by atoms with Gasteiger partial charge in [0, 0.05) is 0 Å². The van der Waals surface area contributed by atoms with Gasteiger partial charge < -0.3 is 12.4 Å². The van der Waals surface area contributed by atoms with Crippen molar-refractivity contribution in [2.24, 2.45) is 0 Å². The van der Waals surface area contributed by atoms with Crippen molar-refractivity contribution in [2.45, 2.75) is 6.18 Å². The Labute approximate surface area is 84.2 Å². The summed E-state index contributed by atoms with van der Waals surface area (Å²) in [7, 11) is 0. The minimum Gasteiger partial charge on any atom is -1.00 e. The maximum Gasteiger partial charge on any atom is -1.00 e. The second-order valence-electron chi connectivity index (χ2n) is 2.20. The zero-order valence-corrected chi connectivity index (χ0v) is 9.75. The van der Waals surface area contributed by atoms with Gasteiger partial charge in [0.2, 0.25) is 0 Å². The molecule has 1 aromatic rings. The summed E-state index contributed by atoms with van der Waals surface area (Å²) in [6.07, 6.45) is -4.20. The SMILES string of the molecule is FC(F)(F)c1ccc[c]([Zn+])c1.[Cl-]. The minimum atomic E-state index is -4.20. The summed E-state index contributed by atoms with van der Waals surface area (Å²) in [5, 5.41) is 0. The van der Waals surface area contributed by atoms with Crippen LogP contribution in [0.4, 0.5) is 13.2 Å². The normalized spacial score (nSPS) is 10.8. The maximum absolute atomic E-state index is 12.0. The molecule has 0 radical (unpaired) electrons. The fraction of sp³-hybridized carbons (Fsp3) is 0.143. The summed E-state index contributed by atoms with van der Waals surface area (Å²) in [4.78, 5) is 0. The number of rotatable bonds is 0. The fourth-order valence-electron chi connectivity index (χ4n) is 0.748. The third kappa shape index (κ3) is 3.12. The van der Waals surface area contributed by atoms with Gasteiger partial charge in [-0.2, -0.15) is 0 Å². The van der Waals surface area contributed by atoms with E-state index in [1.54, 1.807) is 6.07 Å². The average molecular weight is 246 g/mol. The number of alkyl halides is 3. The maximum atomic E-state index is 12.0. The third-order valence-corrected chi connectivity index (χ3v) is 2.18. The molecule has 5 heteroatoms. The fourth-order valence-corrected chi connectivity index (χ4v) is 1.49. The summed E-state index contributed by atoms with van der Waals surface area (Å²) in [5.74, 6) is 0. The molecule has 0 fully saturated rings. The Bertz CT molecular complexity index is 259. The zero-order chi connectivity index (χ0) is 8.48. The van der Waals surface area contributed by atoms with Gasteiger partial charge in [0.1, 0.15) is 0 Å². The summed E-state index contributed by atoms with van der Waals surface area (Å²) >= 11 is 0.754. The van der Waals surface area contributed by atoms with Gasteiger partial charge in [0.15, 0.2) is 0 Å². The quantitative estimate of drug-likeness (QED) is 0.509. The van der Waals surface area contributed by atoms with Crippen LogP contribution in [0, 0.1) is 0 Å². The summed E-state index contributed by atoms with van der Waals surface area (Å²) in [6.45, 7) is 0. The number of benzene rings is 1. The van der Waals surface area contributed by atoms with E-state index in [2.05, 4.69) is 0 Å². The first-order valence-corrected chi connectivity index (χ1v) is 4.48. The predicted molar refractivity (Wildman–Crippen MR) is 31.1 cm³/mol. The Hall–Kier alpha value is -0.0766. The first-order valence-electron chi connectivity index (χ1n) is 2.99. The average Bonchev–Trinajstić information content (AvgIpc) is 1.86. The van der Waals surface area contributed by atoms with Gasteiger partial charge in [-0.3, -0.25) is 0 Å². The molecule has 0 amide bonds. The smallest absolute Gasteiger partial charge is 1.00 e. The molecule has 1 rings (SSSR count). The van der Waals surface area contributed by atoms with Crippen molar-refractivity contribution >= 4 is 4.16 Å². The molecule has 0 nitrogen and oxygen atoms in total. The van der Waals surface area contributed by atoms with Crippen molar-refractivity contribution in [1.29, 1.82) is 0 Å². The topological polar surface area (TPSA) is 0 Å². The first-order chi connectivity index (χ1) is 5.00. The molecule has 0 saturated heterocycles. The van der Waals surface area contributed by atoms with Gasteiger partial charge in [-0.25, -0.2) is 0 Å². The Morgan fingerprint density at radius 1 is 1.17 bits per heavy atom. The standard InChI is InChI=1S/C7H4F3.ClH.Zn/c8-7(9,10)6-4-2-1-3-5-6;;/h1-2,4-5H;1H;/q;;+1/p-1. The van der Waals surface area contributed by atoms with Crippen LogP contribution in [0.2, 0.25) is 0 Å². The summed E-state index contributed by atoms with van der Waals surface area (Å²) in [5.41, 5.74) is -0.554. The Morgan fingerprint density at radius 3 is 2.08 bits per heavy atom. The predicted octanol–water partition coefficient (Wildman–Crippen LogP) is -1.12. The molecule has 0 aliphatic carbocycles. The molecule has 0 aliphatic heterocycles. The molecule has 0 heterocycles. The van der Waals surface area contributed by atoms with Crippen molar-refractivity contribution < 1.29 is 43.9 Å². The molecular formula is C7H4ClF3Zn. The van der Waals surface area contributed by atoms with Gasteiger partial charge in [-0.15, -0.1) is 0 Å². The Morgan fingerprint density at radius 2 is 1.75 bits per heavy atom. The first kappa shape index (κ1) is 11.9. The van der Waals surface area contributed by atoms with Crippen molar-refractivity contribution in [3.63, 3.8) is 0 Å². The Kier molecular flexibility index (Phi) is 4.22. The van der Waals surface area contributed by atoms with Crippen LogP contribution < -0.4 is 16.6 Å². The number of hydrogen-bond donors (Lipinski definition) is 0. The van der Waals surface area contributed by atoms with Gasteiger partial charge >= 0.3 is 71.6 Å². The van der Waals surface area contributed by atoms with Crippen molar-refractivity contribution in [2.75, 3.05) is 0 Å². The van der Waals surface area contributed by atoms with E-state index in [0.717, 1.165) is 28.5 Å². The summed E-state index contributed by atoms with van der Waals surface area (Å²) in [6, 6.07) is 5.38. The van der Waals surface area contributed by atoms with Gasteiger partial charge in [0.05, 0.1) is 0 Å². The van der Waals surface area contributed by atoms with Gasteiger partial charge in [0.25, 0.3) is 0 Å².